The number of rotatable bonds is 7. The summed E-state index contributed by atoms with van der Waals surface area (Å²) < 4.78 is 0. The fourth-order valence-corrected chi connectivity index (χ4v) is 2.34. The first-order valence-corrected chi connectivity index (χ1v) is 6.14. The van der Waals surface area contributed by atoms with E-state index >= 15 is 0 Å². The van der Waals surface area contributed by atoms with E-state index in [0.717, 1.165) is 0 Å². The summed E-state index contributed by atoms with van der Waals surface area (Å²) in [4.78, 5) is 0. The number of hydrogen-bond acceptors (Lipinski definition) is 4. The highest BCUT2D eigenvalue weighted by Crippen LogP contribution is 2.37. The van der Waals surface area contributed by atoms with Gasteiger partial charge in [0.25, 0.3) is 0 Å². The van der Waals surface area contributed by atoms with Crippen molar-refractivity contribution in [3.05, 3.63) is 0 Å². The van der Waals surface area contributed by atoms with E-state index in [1.807, 2.05) is 0 Å². The lowest BCUT2D eigenvalue weighted by atomic mass is 9.70. The van der Waals surface area contributed by atoms with E-state index in [1.54, 1.807) is 27.7 Å². The minimum absolute atomic E-state index is 0.198. The summed E-state index contributed by atoms with van der Waals surface area (Å²) >= 11 is 0. The van der Waals surface area contributed by atoms with Gasteiger partial charge in [-0.25, -0.2) is 0 Å². The third-order valence-electron chi connectivity index (χ3n) is 3.70. The molecule has 0 amide bonds. The summed E-state index contributed by atoms with van der Waals surface area (Å²) in [5.41, 5.74) is -3.32. The third kappa shape index (κ3) is 2.40. The Morgan fingerprint density at radius 3 is 1.12 bits per heavy atom. The summed E-state index contributed by atoms with van der Waals surface area (Å²) in [7, 11) is 0. The Kier molecular flexibility index (Phi) is 5.90. The normalized spacial score (nSPS) is 23.2. The van der Waals surface area contributed by atoms with Crippen LogP contribution in [0.3, 0.4) is 0 Å². The molecule has 4 heteroatoms. The summed E-state index contributed by atoms with van der Waals surface area (Å²) in [5, 5.41) is 40.6. The Morgan fingerprint density at radius 2 is 1.00 bits per heavy atom. The average Bonchev–Trinajstić information content (AvgIpc) is 2.34. The van der Waals surface area contributed by atoms with Crippen LogP contribution in [0.25, 0.3) is 0 Å². The number of hydrogen-bond donors (Lipinski definition) is 4. The maximum Gasteiger partial charge on any atom is 0.121 e. The maximum atomic E-state index is 10.4. The quantitative estimate of drug-likeness (QED) is 0.525. The molecule has 0 aromatic carbocycles. The van der Waals surface area contributed by atoms with Crippen molar-refractivity contribution in [2.45, 2.75) is 76.8 Å². The molecule has 0 fully saturated rings. The molecule has 0 aliphatic carbocycles. The molecule has 98 valence electrons. The average molecular weight is 234 g/mol. The van der Waals surface area contributed by atoms with Crippen LogP contribution in [0, 0.1) is 0 Å². The van der Waals surface area contributed by atoms with Crippen LogP contribution in [0.15, 0.2) is 0 Å². The van der Waals surface area contributed by atoms with E-state index in [-0.39, 0.29) is 12.8 Å². The lowest BCUT2D eigenvalue weighted by Gasteiger charge is -2.47. The van der Waals surface area contributed by atoms with Crippen LogP contribution < -0.4 is 0 Å². The number of aliphatic hydroxyl groups is 4. The molecule has 0 saturated carbocycles. The zero-order valence-corrected chi connectivity index (χ0v) is 10.8. The molecule has 0 saturated heterocycles. The van der Waals surface area contributed by atoms with Crippen LogP contribution in [0.4, 0.5) is 0 Å². The summed E-state index contributed by atoms with van der Waals surface area (Å²) in [6.07, 6.45) is -1.01. The van der Waals surface area contributed by atoms with Gasteiger partial charge in [0.15, 0.2) is 0 Å². The Hall–Kier alpha value is -0.160. The van der Waals surface area contributed by atoms with Crippen molar-refractivity contribution in [3.63, 3.8) is 0 Å². The topological polar surface area (TPSA) is 80.9 Å². The fourth-order valence-electron chi connectivity index (χ4n) is 2.34. The van der Waals surface area contributed by atoms with E-state index in [1.165, 1.54) is 0 Å². The first kappa shape index (κ1) is 15.8. The Bertz CT molecular complexity index is 187. The molecule has 4 N–H and O–H groups in total. The molecule has 0 bridgehead atoms. The second-order valence-electron chi connectivity index (χ2n) is 4.40. The summed E-state index contributed by atoms with van der Waals surface area (Å²) in [6, 6.07) is 0. The van der Waals surface area contributed by atoms with Crippen molar-refractivity contribution in [3.8, 4) is 0 Å². The molecule has 4 nitrogen and oxygen atoms in total. The van der Waals surface area contributed by atoms with Crippen LogP contribution in [0.5, 0.6) is 0 Å². The zero-order valence-electron chi connectivity index (χ0n) is 10.8. The van der Waals surface area contributed by atoms with Crippen LogP contribution in [-0.4, -0.2) is 43.8 Å². The van der Waals surface area contributed by atoms with E-state index < -0.39 is 23.4 Å². The predicted molar refractivity (Wildman–Crippen MR) is 63.1 cm³/mol. The minimum atomic E-state index is -1.66. The minimum Gasteiger partial charge on any atom is -0.390 e. The van der Waals surface area contributed by atoms with Gasteiger partial charge in [0.1, 0.15) is 11.2 Å². The van der Waals surface area contributed by atoms with Gasteiger partial charge in [0, 0.05) is 0 Å². The molecule has 4 atom stereocenters. The number of aliphatic hydroxyl groups excluding tert-OH is 2. The van der Waals surface area contributed by atoms with Gasteiger partial charge in [0.2, 0.25) is 0 Å². The summed E-state index contributed by atoms with van der Waals surface area (Å²) in [5.74, 6) is 0. The van der Waals surface area contributed by atoms with Crippen LogP contribution in [0.2, 0.25) is 0 Å². The highest BCUT2D eigenvalue weighted by molar-refractivity contribution is 5.06. The molecule has 0 rings (SSSR count). The molecule has 0 radical (unpaired) electrons. The largest absolute Gasteiger partial charge is 0.390 e. The lowest BCUT2D eigenvalue weighted by molar-refractivity contribution is -0.242. The highest BCUT2D eigenvalue weighted by Gasteiger charge is 2.54. The Morgan fingerprint density at radius 1 is 0.750 bits per heavy atom. The molecule has 0 spiro atoms. The van der Waals surface area contributed by atoms with Crippen LogP contribution in [0.1, 0.15) is 53.4 Å². The first-order chi connectivity index (χ1) is 7.33. The Balaban J connectivity index is 5.30. The second kappa shape index (κ2) is 5.96. The Labute approximate surface area is 97.9 Å². The van der Waals surface area contributed by atoms with Crippen molar-refractivity contribution in [1.82, 2.24) is 0 Å². The van der Waals surface area contributed by atoms with Gasteiger partial charge < -0.3 is 20.4 Å². The standard InChI is InChI=1S/C12H26O4/c1-5-9(13)11(15,7-3)12(16,8-4)10(14)6-2/h9-10,13-16H,5-8H2,1-4H3. The molecule has 0 aromatic heterocycles. The molecule has 0 heterocycles. The van der Waals surface area contributed by atoms with Crippen LogP contribution in [-0.2, 0) is 0 Å². The highest BCUT2D eigenvalue weighted by atomic mass is 16.4. The third-order valence-corrected chi connectivity index (χ3v) is 3.70. The van der Waals surface area contributed by atoms with Crippen molar-refractivity contribution in [2.24, 2.45) is 0 Å². The molecule has 0 aromatic rings. The second-order valence-corrected chi connectivity index (χ2v) is 4.40. The van der Waals surface area contributed by atoms with Gasteiger partial charge in [-0.15, -0.1) is 0 Å². The predicted octanol–water partition coefficient (Wildman–Crippen LogP) is 0.810. The molecular formula is C12H26O4. The van der Waals surface area contributed by atoms with Gasteiger partial charge in [-0.2, -0.15) is 0 Å². The monoisotopic (exact) mass is 234 g/mol. The van der Waals surface area contributed by atoms with Gasteiger partial charge in [-0.05, 0) is 25.7 Å². The van der Waals surface area contributed by atoms with E-state index in [2.05, 4.69) is 0 Å². The van der Waals surface area contributed by atoms with Gasteiger partial charge in [-0.1, -0.05) is 27.7 Å². The molecular weight excluding hydrogens is 208 g/mol. The first-order valence-electron chi connectivity index (χ1n) is 6.14. The summed E-state index contributed by atoms with van der Waals surface area (Å²) in [6.45, 7) is 6.86. The van der Waals surface area contributed by atoms with Crippen molar-refractivity contribution in [2.75, 3.05) is 0 Å². The van der Waals surface area contributed by atoms with Gasteiger partial charge >= 0.3 is 0 Å². The lowest BCUT2D eigenvalue weighted by Crippen LogP contribution is -2.65. The van der Waals surface area contributed by atoms with Crippen LogP contribution >= 0.6 is 0 Å². The molecule has 0 aliphatic heterocycles. The smallest absolute Gasteiger partial charge is 0.121 e. The zero-order chi connectivity index (χ0) is 13.0. The SMILES string of the molecule is CCC(O)C(O)(CC)C(O)(CC)C(O)CC. The molecule has 16 heavy (non-hydrogen) atoms. The molecule has 4 unspecified atom stereocenters. The van der Waals surface area contributed by atoms with Crippen molar-refractivity contribution >= 4 is 0 Å². The van der Waals surface area contributed by atoms with E-state index in [0.29, 0.717) is 12.8 Å². The molecule has 0 aliphatic rings. The maximum absolute atomic E-state index is 10.4. The van der Waals surface area contributed by atoms with E-state index in [9.17, 15) is 20.4 Å². The van der Waals surface area contributed by atoms with Crippen molar-refractivity contribution in [1.29, 1.82) is 0 Å². The van der Waals surface area contributed by atoms with Crippen molar-refractivity contribution < 1.29 is 20.4 Å². The fraction of sp³-hybridized carbons (Fsp3) is 1.00. The van der Waals surface area contributed by atoms with Gasteiger partial charge in [0.05, 0.1) is 12.2 Å². The van der Waals surface area contributed by atoms with E-state index in [4.69, 9.17) is 0 Å². The van der Waals surface area contributed by atoms with Gasteiger partial charge in [-0.3, -0.25) is 0 Å².